The highest BCUT2D eigenvalue weighted by Crippen LogP contribution is 2.36. The normalized spacial score (nSPS) is 22.3. The van der Waals surface area contributed by atoms with E-state index in [0.29, 0.717) is 10.7 Å². The van der Waals surface area contributed by atoms with Gasteiger partial charge in [0, 0.05) is 13.1 Å². The average molecular weight is 321 g/mol. The van der Waals surface area contributed by atoms with Crippen molar-refractivity contribution in [3.63, 3.8) is 0 Å². The van der Waals surface area contributed by atoms with Gasteiger partial charge in [-0.1, -0.05) is 0 Å². The summed E-state index contributed by atoms with van der Waals surface area (Å²) in [7, 11) is 0. The second-order valence-corrected chi connectivity index (χ2v) is 6.80. The molecule has 3 heterocycles. The SMILES string of the molecule is Cc1nc(N2CC(C)OC(C)C2)c2c(C)c(C(=O)O)sc2n1. The van der Waals surface area contributed by atoms with Gasteiger partial charge in [0.05, 0.1) is 17.6 Å². The highest BCUT2D eigenvalue weighted by atomic mass is 32.1. The van der Waals surface area contributed by atoms with Crippen molar-refractivity contribution in [3.8, 4) is 0 Å². The molecule has 2 atom stereocenters. The van der Waals surface area contributed by atoms with E-state index in [0.717, 1.165) is 34.7 Å². The van der Waals surface area contributed by atoms with Crippen molar-refractivity contribution < 1.29 is 14.6 Å². The average Bonchev–Trinajstić information content (AvgIpc) is 2.74. The molecule has 1 N–H and O–H groups in total. The fourth-order valence-corrected chi connectivity index (χ4v) is 4.07. The first kappa shape index (κ1) is 15.2. The van der Waals surface area contributed by atoms with Gasteiger partial charge in [-0.05, 0) is 33.3 Å². The van der Waals surface area contributed by atoms with Crippen molar-refractivity contribution in [1.82, 2.24) is 9.97 Å². The van der Waals surface area contributed by atoms with Crippen molar-refractivity contribution in [2.24, 2.45) is 0 Å². The molecule has 0 amide bonds. The number of aromatic nitrogens is 2. The fourth-order valence-electron chi connectivity index (χ4n) is 3.01. The van der Waals surface area contributed by atoms with E-state index >= 15 is 0 Å². The van der Waals surface area contributed by atoms with Crippen LogP contribution in [0.5, 0.6) is 0 Å². The molecular formula is C15H19N3O3S. The summed E-state index contributed by atoms with van der Waals surface area (Å²) in [4.78, 5) is 23.7. The van der Waals surface area contributed by atoms with E-state index in [2.05, 4.69) is 14.9 Å². The molecule has 7 heteroatoms. The second-order valence-electron chi connectivity index (χ2n) is 5.80. The number of aryl methyl sites for hydroxylation is 2. The van der Waals surface area contributed by atoms with Crippen molar-refractivity contribution in [1.29, 1.82) is 0 Å². The fraction of sp³-hybridized carbons (Fsp3) is 0.533. The highest BCUT2D eigenvalue weighted by Gasteiger charge is 2.27. The van der Waals surface area contributed by atoms with Crippen LogP contribution in [-0.2, 0) is 4.74 Å². The zero-order chi connectivity index (χ0) is 16.0. The molecule has 1 saturated heterocycles. The number of anilines is 1. The van der Waals surface area contributed by atoms with Gasteiger partial charge in [-0.2, -0.15) is 0 Å². The molecule has 6 nitrogen and oxygen atoms in total. The predicted octanol–water partition coefficient (Wildman–Crippen LogP) is 2.62. The first-order valence-electron chi connectivity index (χ1n) is 7.28. The summed E-state index contributed by atoms with van der Waals surface area (Å²) in [6.07, 6.45) is 0.235. The van der Waals surface area contributed by atoms with E-state index in [4.69, 9.17) is 4.74 Å². The Bertz CT molecular complexity index is 733. The summed E-state index contributed by atoms with van der Waals surface area (Å²) in [5.74, 6) is 0.575. The number of carbonyl (C=O) groups is 1. The van der Waals surface area contributed by atoms with Crippen LogP contribution in [0.15, 0.2) is 0 Å². The second kappa shape index (κ2) is 5.48. The van der Waals surface area contributed by atoms with E-state index in [-0.39, 0.29) is 12.2 Å². The van der Waals surface area contributed by atoms with E-state index in [1.807, 2.05) is 27.7 Å². The highest BCUT2D eigenvalue weighted by molar-refractivity contribution is 7.20. The minimum atomic E-state index is -0.909. The Morgan fingerprint density at radius 2 is 1.91 bits per heavy atom. The lowest BCUT2D eigenvalue weighted by atomic mass is 10.1. The molecule has 2 aromatic heterocycles. The standard InChI is InChI=1S/C15H19N3O3S/c1-7-5-18(6-8(2)21-7)13-11-9(3)12(15(19)20)22-14(11)17-10(4)16-13/h7-8H,5-6H2,1-4H3,(H,19,20). The summed E-state index contributed by atoms with van der Waals surface area (Å²) in [5, 5.41) is 10.2. The Kier molecular flexibility index (Phi) is 3.78. The maximum Gasteiger partial charge on any atom is 0.346 e. The maximum atomic E-state index is 11.4. The number of rotatable bonds is 2. The number of hydrogen-bond acceptors (Lipinski definition) is 6. The number of thiophene rings is 1. The van der Waals surface area contributed by atoms with Crippen molar-refractivity contribution in [2.75, 3.05) is 18.0 Å². The molecule has 22 heavy (non-hydrogen) atoms. The molecule has 2 aromatic rings. The van der Waals surface area contributed by atoms with Gasteiger partial charge in [0.1, 0.15) is 21.3 Å². The Labute approximate surface area is 132 Å². The minimum absolute atomic E-state index is 0.118. The van der Waals surface area contributed by atoms with E-state index < -0.39 is 5.97 Å². The predicted molar refractivity (Wildman–Crippen MR) is 86.1 cm³/mol. The molecule has 3 rings (SSSR count). The maximum absolute atomic E-state index is 11.4. The van der Waals surface area contributed by atoms with Gasteiger partial charge in [0.2, 0.25) is 0 Å². The Hall–Kier alpha value is -1.73. The number of carboxylic acid groups (broad SMARTS) is 1. The number of morpholine rings is 1. The number of nitrogens with zero attached hydrogens (tertiary/aromatic N) is 3. The van der Waals surface area contributed by atoms with Crippen LogP contribution < -0.4 is 4.90 Å². The summed E-state index contributed by atoms with van der Waals surface area (Å²) in [5.41, 5.74) is 0.745. The monoisotopic (exact) mass is 321 g/mol. The summed E-state index contributed by atoms with van der Waals surface area (Å²) < 4.78 is 5.78. The molecule has 0 bridgehead atoms. The van der Waals surface area contributed by atoms with Gasteiger partial charge >= 0.3 is 5.97 Å². The van der Waals surface area contributed by atoms with Crippen LogP contribution in [0, 0.1) is 13.8 Å². The van der Waals surface area contributed by atoms with Crippen molar-refractivity contribution >= 4 is 33.3 Å². The van der Waals surface area contributed by atoms with Gasteiger partial charge in [-0.15, -0.1) is 11.3 Å². The zero-order valence-electron chi connectivity index (χ0n) is 13.1. The Balaban J connectivity index is 2.18. The van der Waals surface area contributed by atoms with Crippen LogP contribution in [-0.4, -0.2) is 46.3 Å². The third-order valence-corrected chi connectivity index (χ3v) is 4.97. The molecule has 0 radical (unpaired) electrons. The quantitative estimate of drug-likeness (QED) is 0.916. The summed E-state index contributed by atoms with van der Waals surface area (Å²) >= 11 is 1.22. The van der Waals surface area contributed by atoms with E-state index in [1.54, 1.807) is 0 Å². The first-order chi connectivity index (χ1) is 10.4. The molecule has 1 aliphatic heterocycles. The molecule has 0 spiro atoms. The van der Waals surface area contributed by atoms with Gasteiger partial charge in [0.25, 0.3) is 0 Å². The van der Waals surface area contributed by atoms with Gasteiger partial charge in [0.15, 0.2) is 0 Å². The summed E-state index contributed by atoms with van der Waals surface area (Å²) in [6.45, 7) is 9.23. The van der Waals surface area contributed by atoms with Crippen LogP contribution in [0.4, 0.5) is 5.82 Å². The molecular weight excluding hydrogens is 302 g/mol. The lowest BCUT2D eigenvalue weighted by Crippen LogP contribution is -2.46. The molecule has 0 aromatic carbocycles. The lowest BCUT2D eigenvalue weighted by molar-refractivity contribution is -0.00538. The van der Waals surface area contributed by atoms with Crippen molar-refractivity contribution in [2.45, 2.75) is 39.9 Å². The molecule has 2 unspecified atom stereocenters. The number of carboxylic acids is 1. The number of ether oxygens (including phenoxy) is 1. The molecule has 1 aliphatic rings. The van der Waals surface area contributed by atoms with Crippen LogP contribution in [0.3, 0.4) is 0 Å². The number of fused-ring (bicyclic) bond motifs is 1. The van der Waals surface area contributed by atoms with Crippen LogP contribution >= 0.6 is 11.3 Å². The third kappa shape index (κ3) is 2.55. The summed E-state index contributed by atoms with van der Waals surface area (Å²) in [6, 6.07) is 0. The van der Waals surface area contributed by atoms with Crippen molar-refractivity contribution in [3.05, 3.63) is 16.3 Å². The molecule has 0 saturated carbocycles. The smallest absolute Gasteiger partial charge is 0.346 e. The van der Waals surface area contributed by atoms with Gasteiger partial charge in [-0.3, -0.25) is 0 Å². The van der Waals surface area contributed by atoms with E-state index in [9.17, 15) is 9.90 Å². The third-order valence-electron chi connectivity index (χ3n) is 3.80. The largest absolute Gasteiger partial charge is 0.477 e. The molecule has 1 fully saturated rings. The van der Waals surface area contributed by atoms with Crippen LogP contribution in [0.1, 0.15) is 34.9 Å². The topological polar surface area (TPSA) is 75.6 Å². The molecule has 118 valence electrons. The first-order valence-corrected chi connectivity index (χ1v) is 8.10. The molecule has 0 aliphatic carbocycles. The number of hydrogen-bond donors (Lipinski definition) is 1. The van der Waals surface area contributed by atoms with Gasteiger partial charge in [-0.25, -0.2) is 14.8 Å². The van der Waals surface area contributed by atoms with E-state index in [1.165, 1.54) is 11.3 Å². The van der Waals surface area contributed by atoms with Crippen LogP contribution in [0.2, 0.25) is 0 Å². The van der Waals surface area contributed by atoms with Crippen LogP contribution in [0.25, 0.3) is 10.2 Å². The Morgan fingerprint density at radius 1 is 1.27 bits per heavy atom. The minimum Gasteiger partial charge on any atom is -0.477 e. The number of aromatic carboxylic acids is 1. The Morgan fingerprint density at radius 3 is 2.50 bits per heavy atom. The zero-order valence-corrected chi connectivity index (χ0v) is 13.9. The lowest BCUT2D eigenvalue weighted by Gasteiger charge is -2.36. The van der Waals surface area contributed by atoms with Gasteiger partial charge < -0.3 is 14.7 Å².